The molecule has 0 radical (unpaired) electrons. The van der Waals surface area contributed by atoms with E-state index < -0.39 is 110 Å². The smallest absolute Gasteiger partial charge is 0.242 e. The summed E-state index contributed by atoms with van der Waals surface area (Å²) in [6.07, 6.45) is 8.87. The second-order valence-corrected chi connectivity index (χ2v) is 31.9. The third kappa shape index (κ3) is 49.7. The molecule has 724 valence electrons. The van der Waals surface area contributed by atoms with Crippen LogP contribution in [0.3, 0.4) is 0 Å². The number of Topliss-reactive ketones (excluding diaryl/α,β-unsaturated/α-hetero) is 1. The summed E-state index contributed by atoms with van der Waals surface area (Å²) >= 11 is 1.95. The van der Waals surface area contributed by atoms with Gasteiger partial charge in [-0.05, 0) is 124 Å². The molecule has 2 saturated heterocycles. The number of carbonyl (C=O) groups excluding carboxylic acids is 15. The first-order valence-electron chi connectivity index (χ1n) is 43.5. The second-order valence-electron chi connectivity index (χ2n) is 30.6. The lowest BCUT2D eigenvalue weighted by atomic mass is 10.0. The molecule has 15 N–H and O–H groups in total. The maximum absolute atomic E-state index is 14.1. The van der Waals surface area contributed by atoms with E-state index in [1.165, 1.54) is 118 Å². The number of likely N-dealkylation sites (N-methyl/N-ethyl adjacent to an activating group) is 1. The first-order valence-corrected chi connectivity index (χ1v) is 44.6. The number of nitrogens with two attached hydrogens (primary N) is 5. The molecule has 2 rings (SSSR count). The lowest BCUT2D eigenvalue weighted by molar-refractivity contribution is -0.149. The number of ketones is 1. The van der Waals surface area contributed by atoms with Crippen LogP contribution in [-0.2, 0) is 105 Å². The molecule has 0 spiro atoms. The second kappa shape index (κ2) is 70.4. The minimum atomic E-state index is -1.01. The highest BCUT2D eigenvalue weighted by Gasteiger charge is 2.41. The summed E-state index contributed by atoms with van der Waals surface area (Å²) in [7, 11) is 11.8. The number of nitrogens with one attached hydrogen (secondary N) is 5. The molecule has 4 atom stereocenters. The molecule has 2 aliphatic heterocycles. The standard InChI is InChI=1S/C41H75N11O10S.C41H78N10O12/c1-30-46-32-29-63-33(40(32)47-30)13-6-7-14-34(53)45-16-10-8-12-31(41(43)59)48-35(54)25-50(18-21-60-3)38(57)28-52(20-23-62-5)39(58)26-49(17-11-9-15-42)37(56)27-51(19-22-61-4)36(55)24-44-2;1-34(52)27-46(16-10-7-13-42)37(55)31-49(20-24-61-4)41(59)33-51(22-26-63-6)40(58)30-48(18-12-9-15-44)38(56)32-50(21-25-62-5)39(57)29-47(17-11-8-14-43)36(54)28-45(35(2)53)19-23-60-3/h31-33,40,44,46-47H,1,6-29,42H2,2-5H3,(H2,43,59)(H,45,53)(H,48,54);7-33,42-44H2,1-6H3/t31-,32-,33?,40-;/m0./s1. The largest absolute Gasteiger partial charge is 0.383 e. The van der Waals surface area contributed by atoms with Crippen LogP contribution in [0.4, 0.5) is 0 Å². The van der Waals surface area contributed by atoms with Gasteiger partial charge in [0.05, 0.1) is 143 Å². The normalized spacial score (nSPS) is 13.9. The SMILES string of the molecule is C=C1N[C@H]2CSC(CCCCC(=O)NCCCC[C@H](NC(=O)CN(CCOC)C(=O)CN(CCOC)C(=O)CN(CCCCN)C(=O)CN(CCOC)C(=O)CNC)C(N)=O)[C@H]2N1.COCCN(CC(=O)N(CCCCN)CC(=O)N(CCOC)CC(=O)N(CCCCN)CC(=O)N(CCOC)CC(=O)N(CCOC)CC(=O)N(CCCCN)CC(C)=O)C(C)=O. The minimum absolute atomic E-state index is 0.00300. The number of hydrogen-bond acceptors (Lipinski definition) is 30. The van der Waals surface area contributed by atoms with Gasteiger partial charge < -0.3 is 142 Å². The number of ether oxygens (including phenoxy) is 7. The molecule has 2 heterocycles. The molecule has 44 heteroatoms. The van der Waals surface area contributed by atoms with Crippen LogP contribution in [0.2, 0.25) is 0 Å². The Hall–Kier alpha value is -8.54. The van der Waals surface area contributed by atoms with Crippen molar-refractivity contribution in [2.75, 3.05) is 292 Å². The Labute approximate surface area is 749 Å². The molecule has 126 heavy (non-hydrogen) atoms. The van der Waals surface area contributed by atoms with Gasteiger partial charge in [-0.2, -0.15) is 11.8 Å². The fraction of sp³-hybridized carbons (Fsp3) is 0.793. The molecular formula is C82H153N21O22S. The lowest BCUT2D eigenvalue weighted by Gasteiger charge is -2.32. The van der Waals surface area contributed by atoms with Crippen LogP contribution in [-0.4, -0.2) is 458 Å². The molecule has 0 aromatic carbocycles. The fourth-order valence-corrected chi connectivity index (χ4v) is 14.8. The van der Waals surface area contributed by atoms with Gasteiger partial charge in [-0.25, -0.2) is 0 Å². The summed E-state index contributed by atoms with van der Waals surface area (Å²) in [6, 6.07) is -0.199. The molecule has 0 aliphatic carbocycles. The molecular weight excluding hydrogens is 1660 g/mol. The van der Waals surface area contributed by atoms with Gasteiger partial charge in [-0.1, -0.05) is 13.0 Å². The summed E-state index contributed by atoms with van der Waals surface area (Å²) < 4.78 is 36.3. The van der Waals surface area contributed by atoms with E-state index >= 15 is 0 Å². The Bertz CT molecular complexity index is 3250. The number of nitrogens with zero attached hydrogens (tertiary/aromatic N) is 11. The van der Waals surface area contributed by atoms with E-state index in [0.717, 1.165) is 30.8 Å². The molecule has 0 saturated carbocycles. The molecule has 0 aromatic heterocycles. The van der Waals surface area contributed by atoms with Crippen molar-refractivity contribution in [2.24, 2.45) is 28.7 Å². The maximum atomic E-state index is 14.1. The van der Waals surface area contributed by atoms with Gasteiger partial charge in [-0.3, -0.25) is 71.9 Å². The van der Waals surface area contributed by atoms with Crippen molar-refractivity contribution in [2.45, 2.75) is 134 Å². The van der Waals surface area contributed by atoms with Crippen LogP contribution >= 0.6 is 11.8 Å². The van der Waals surface area contributed by atoms with Crippen LogP contribution in [0, 0.1) is 0 Å². The van der Waals surface area contributed by atoms with Gasteiger partial charge >= 0.3 is 0 Å². The Morgan fingerprint density at radius 3 is 1.03 bits per heavy atom. The van der Waals surface area contributed by atoms with E-state index in [1.54, 1.807) is 7.05 Å². The predicted molar refractivity (Wildman–Crippen MR) is 475 cm³/mol. The minimum Gasteiger partial charge on any atom is -0.383 e. The fourth-order valence-electron chi connectivity index (χ4n) is 13.2. The number of amides is 14. The summed E-state index contributed by atoms with van der Waals surface area (Å²) in [5.41, 5.74) is 28.4. The Morgan fingerprint density at radius 1 is 0.397 bits per heavy atom. The van der Waals surface area contributed by atoms with E-state index in [9.17, 15) is 71.9 Å². The van der Waals surface area contributed by atoms with Gasteiger partial charge in [0.2, 0.25) is 82.7 Å². The molecule has 0 bridgehead atoms. The average molecular weight is 1820 g/mol. The third-order valence-electron chi connectivity index (χ3n) is 20.6. The van der Waals surface area contributed by atoms with Crippen LogP contribution in [0.25, 0.3) is 0 Å². The van der Waals surface area contributed by atoms with Gasteiger partial charge in [0, 0.05) is 153 Å². The van der Waals surface area contributed by atoms with Crippen LogP contribution in [0.1, 0.15) is 110 Å². The third-order valence-corrected chi connectivity index (χ3v) is 22.1. The molecule has 43 nitrogen and oxygen atoms in total. The molecule has 2 fully saturated rings. The maximum Gasteiger partial charge on any atom is 0.242 e. The zero-order valence-corrected chi connectivity index (χ0v) is 77.6. The van der Waals surface area contributed by atoms with E-state index in [4.69, 9.17) is 61.8 Å². The van der Waals surface area contributed by atoms with Crippen LogP contribution < -0.4 is 55.3 Å². The zero-order chi connectivity index (χ0) is 94.2. The highest BCUT2D eigenvalue weighted by Crippen LogP contribution is 2.34. The number of rotatable bonds is 73. The Balaban J connectivity index is 0.00000126. The highest BCUT2D eigenvalue weighted by atomic mass is 32.2. The Morgan fingerprint density at radius 2 is 0.714 bits per heavy atom. The first-order chi connectivity index (χ1) is 60.4. The summed E-state index contributed by atoms with van der Waals surface area (Å²) in [4.78, 5) is 213. The first kappa shape index (κ1) is 115. The van der Waals surface area contributed by atoms with Gasteiger partial charge in [0.1, 0.15) is 11.8 Å². The lowest BCUT2D eigenvalue weighted by Crippen LogP contribution is -2.53. The van der Waals surface area contributed by atoms with Crippen molar-refractivity contribution in [3.63, 3.8) is 0 Å². The predicted octanol–water partition coefficient (Wildman–Crippen LogP) is -5.27. The zero-order valence-electron chi connectivity index (χ0n) is 76.8. The Kier molecular flexibility index (Phi) is 64.6. The van der Waals surface area contributed by atoms with Crippen LogP contribution in [0.15, 0.2) is 12.4 Å². The molecule has 0 aromatic rings. The number of unbranched alkanes of at least 4 members (excludes halogenated alkanes) is 6. The van der Waals surface area contributed by atoms with E-state index in [1.807, 2.05) is 11.8 Å². The molecule has 14 amide bonds. The van der Waals surface area contributed by atoms with Gasteiger partial charge in [-0.15, -0.1) is 0 Å². The van der Waals surface area contributed by atoms with E-state index in [-0.39, 0.29) is 187 Å². The van der Waals surface area contributed by atoms with Crippen molar-refractivity contribution in [1.29, 1.82) is 0 Å². The van der Waals surface area contributed by atoms with Gasteiger partial charge in [0.25, 0.3) is 0 Å². The van der Waals surface area contributed by atoms with Crippen molar-refractivity contribution < 1.29 is 105 Å². The van der Waals surface area contributed by atoms with E-state index in [0.29, 0.717) is 121 Å². The monoisotopic (exact) mass is 1820 g/mol. The number of thioether (sulfide) groups is 1. The van der Waals surface area contributed by atoms with Crippen LogP contribution in [0.5, 0.6) is 0 Å². The molecule has 1 unspecified atom stereocenters. The van der Waals surface area contributed by atoms with Crippen molar-refractivity contribution in [3.8, 4) is 0 Å². The number of methoxy groups -OCH3 is 7. The summed E-state index contributed by atoms with van der Waals surface area (Å²) in [6.45, 7) is 6.43. The quantitative estimate of drug-likeness (QED) is 0.0254. The molecule has 2 aliphatic rings. The number of primary amides is 1. The number of fused-ring (bicyclic) bond motifs is 1. The van der Waals surface area contributed by atoms with E-state index in [2.05, 4.69) is 33.2 Å². The van der Waals surface area contributed by atoms with Crippen molar-refractivity contribution in [3.05, 3.63) is 12.4 Å². The number of carbonyl (C=O) groups is 15. The average Bonchev–Trinajstić information content (AvgIpc) is 1.67. The topological polar surface area (TPSA) is 547 Å². The van der Waals surface area contributed by atoms with Crippen molar-refractivity contribution >= 4 is 100 Å². The van der Waals surface area contributed by atoms with Crippen molar-refractivity contribution in [1.82, 2.24) is 80.5 Å². The number of hydrogen-bond donors (Lipinski definition) is 10. The van der Waals surface area contributed by atoms with Gasteiger partial charge in [0.15, 0.2) is 0 Å². The highest BCUT2D eigenvalue weighted by molar-refractivity contribution is 8.00. The summed E-state index contributed by atoms with van der Waals surface area (Å²) in [5, 5.41) is 15.6. The summed E-state index contributed by atoms with van der Waals surface area (Å²) in [5.74, 6) is -5.13.